The largest absolute Gasteiger partial charge is 0.395 e. The molecule has 2 rings (SSSR count). The number of aliphatic hydroxyl groups is 1. The van der Waals surface area contributed by atoms with Gasteiger partial charge in [-0.25, -0.2) is 4.39 Å². The molecule has 0 radical (unpaired) electrons. The summed E-state index contributed by atoms with van der Waals surface area (Å²) in [4.78, 5) is 4.12. The fraction of sp³-hybridized carbons (Fsp3) is 0.353. The van der Waals surface area contributed by atoms with Gasteiger partial charge in [-0.3, -0.25) is 4.98 Å². The van der Waals surface area contributed by atoms with Crippen LogP contribution < -0.4 is 5.32 Å². The molecule has 2 atom stereocenters. The number of nitrogens with one attached hydrogen (secondary N) is 1. The summed E-state index contributed by atoms with van der Waals surface area (Å²) in [7, 11) is 0. The second-order valence-electron chi connectivity index (χ2n) is 5.10. The van der Waals surface area contributed by atoms with E-state index < -0.39 is 0 Å². The predicted octanol–water partition coefficient (Wildman–Crippen LogP) is 2.87. The van der Waals surface area contributed by atoms with Gasteiger partial charge in [0.05, 0.1) is 18.5 Å². The molecule has 3 nitrogen and oxygen atoms in total. The van der Waals surface area contributed by atoms with Crippen LogP contribution in [0, 0.1) is 5.82 Å². The van der Waals surface area contributed by atoms with Crippen molar-refractivity contribution in [1.82, 2.24) is 10.3 Å². The number of nitrogens with zero attached hydrogens (tertiary/aromatic N) is 1. The molecule has 0 saturated heterocycles. The van der Waals surface area contributed by atoms with E-state index in [0.29, 0.717) is 0 Å². The first-order valence-corrected chi connectivity index (χ1v) is 7.25. The molecule has 0 aliphatic carbocycles. The fourth-order valence-electron chi connectivity index (χ4n) is 2.37. The highest BCUT2D eigenvalue weighted by Crippen LogP contribution is 2.16. The zero-order valence-electron chi connectivity index (χ0n) is 12.2. The van der Waals surface area contributed by atoms with Crippen molar-refractivity contribution in [3.63, 3.8) is 0 Å². The highest BCUT2D eigenvalue weighted by atomic mass is 19.1. The standard InChI is InChI=1S/C17H21FN2O/c1-2-16(17-9-8-14(18)11-19-17)20-15(12-21)10-13-6-4-3-5-7-13/h3-9,11,15-16,20-21H,2,10,12H2,1H3/t15-,16?/m0/s1. The summed E-state index contributed by atoms with van der Waals surface area (Å²) < 4.78 is 12.9. The molecular formula is C17H21FN2O. The maximum Gasteiger partial charge on any atom is 0.141 e. The summed E-state index contributed by atoms with van der Waals surface area (Å²) >= 11 is 0. The van der Waals surface area contributed by atoms with Gasteiger partial charge in [-0.05, 0) is 30.5 Å². The topological polar surface area (TPSA) is 45.1 Å². The van der Waals surface area contributed by atoms with E-state index in [-0.39, 0.29) is 24.5 Å². The van der Waals surface area contributed by atoms with Gasteiger partial charge in [-0.1, -0.05) is 37.3 Å². The Balaban J connectivity index is 2.03. The molecule has 0 aliphatic heterocycles. The van der Waals surface area contributed by atoms with Crippen LogP contribution in [-0.4, -0.2) is 22.7 Å². The maximum absolute atomic E-state index is 12.9. The number of rotatable bonds is 7. The average Bonchev–Trinajstić information content (AvgIpc) is 2.53. The van der Waals surface area contributed by atoms with E-state index in [9.17, 15) is 9.50 Å². The first kappa shape index (κ1) is 15.6. The molecule has 0 amide bonds. The van der Waals surface area contributed by atoms with Crippen molar-refractivity contribution in [1.29, 1.82) is 0 Å². The van der Waals surface area contributed by atoms with Crippen LogP contribution in [0.3, 0.4) is 0 Å². The summed E-state index contributed by atoms with van der Waals surface area (Å²) in [6, 6.07) is 13.1. The monoisotopic (exact) mass is 288 g/mol. The molecule has 2 N–H and O–H groups in total. The number of hydrogen-bond donors (Lipinski definition) is 2. The summed E-state index contributed by atoms with van der Waals surface area (Å²) in [6.07, 6.45) is 2.80. The van der Waals surface area contributed by atoms with Crippen molar-refractivity contribution in [2.45, 2.75) is 31.8 Å². The van der Waals surface area contributed by atoms with E-state index in [1.54, 1.807) is 6.07 Å². The molecule has 0 fully saturated rings. The Labute approximate surface area is 124 Å². The molecule has 0 bridgehead atoms. The molecular weight excluding hydrogens is 267 g/mol. The van der Waals surface area contributed by atoms with Crippen LogP contribution in [0.4, 0.5) is 4.39 Å². The third-order valence-electron chi connectivity index (χ3n) is 3.50. The average molecular weight is 288 g/mol. The zero-order chi connectivity index (χ0) is 15.1. The predicted molar refractivity (Wildman–Crippen MR) is 81.4 cm³/mol. The minimum absolute atomic E-state index is 0.00598. The molecule has 112 valence electrons. The zero-order valence-corrected chi connectivity index (χ0v) is 12.2. The van der Waals surface area contributed by atoms with Gasteiger partial charge in [0.15, 0.2) is 0 Å². The van der Waals surface area contributed by atoms with E-state index in [0.717, 1.165) is 18.5 Å². The van der Waals surface area contributed by atoms with Gasteiger partial charge in [0.1, 0.15) is 5.82 Å². The van der Waals surface area contributed by atoms with Crippen LogP contribution >= 0.6 is 0 Å². The number of hydrogen-bond acceptors (Lipinski definition) is 3. The van der Waals surface area contributed by atoms with E-state index in [4.69, 9.17) is 0 Å². The highest BCUT2D eigenvalue weighted by molar-refractivity contribution is 5.16. The van der Waals surface area contributed by atoms with Gasteiger partial charge in [0.25, 0.3) is 0 Å². The lowest BCUT2D eigenvalue weighted by molar-refractivity contribution is 0.228. The number of aromatic nitrogens is 1. The first-order valence-electron chi connectivity index (χ1n) is 7.25. The lowest BCUT2D eigenvalue weighted by Crippen LogP contribution is -2.37. The molecule has 0 aliphatic rings. The van der Waals surface area contributed by atoms with Gasteiger partial charge in [0.2, 0.25) is 0 Å². The Morgan fingerprint density at radius 3 is 2.52 bits per heavy atom. The van der Waals surface area contributed by atoms with E-state index >= 15 is 0 Å². The molecule has 4 heteroatoms. The summed E-state index contributed by atoms with van der Waals surface area (Å²) in [5.41, 5.74) is 1.97. The van der Waals surface area contributed by atoms with Crippen LogP contribution in [0.25, 0.3) is 0 Å². The molecule has 1 heterocycles. The van der Waals surface area contributed by atoms with Gasteiger partial charge in [0, 0.05) is 12.1 Å². The Morgan fingerprint density at radius 2 is 1.95 bits per heavy atom. The lowest BCUT2D eigenvalue weighted by Gasteiger charge is -2.23. The van der Waals surface area contributed by atoms with Gasteiger partial charge in [-0.15, -0.1) is 0 Å². The molecule has 1 unspecified atom stereocenters. The van der Waals surface area contributed by atoms with Gasteiger partial charge < -0.3 is 10.4 Å². The quantitative estimate of drug-likeness (QED) is 0.823. The minimum atomic E-state index is -0.336. The smallest absolute Gasteiger partial charge is 0.141 e. The van der Waals surface area contributed by atoms with Crippen LogP contribution in [0.1, 0.15) is 30.6 Å². The summed E-state index contributed by atoms with van der Waals surface area (Å²) in [5, 5.41) is 13.0. The molecule has 1 aromatic heterocycles. The fourth-order valence-corrected chi connectivity index (χ4v) is 2.37. The van der Waals surface area contributed by atoms with Crippen LogP contribution in [0.5, 0.6) is 0 Å². The number of benzene rings is 1. The van der Waals surface area contributed by atoms with Crippen molar-refractivity contribution in [2.75, 3.05) is 6.61 Å². The maximum atomic E-state index is 12.9. The van der Waals surface area contributed by atoms with Crippen molar-refractivity contribution < 1.29 is 9.50 Å². The minimum Gasteiger partial charge on any atom is -0.395 e. The molecule has 21 heavy (non-hydrogen) atoms. The lowest BCUT2D eigenvalue weighted by atomic mass is 10.0. The van der Waals surface area contributed by atoms with Gasteiger partial charge >= 0.3 is 0 Å². The van der Waals surface area contributed by atoms with Crippen molar-refractivity contribution in [3.8, 4) is 0 Å². The summed E-state index contributed by atoms with van der Waals surface area (Å²) in [6.45, 7) is 2.09. The molecule has 1 aromatic carbocycles. The van der Waals surface area contributed by atoms with Crippen LogP contribution in [0.2, 0.25) is 0 Å². The normalized spacial score (nSPS) is 13.9. The Morgan fingerprint density at radius 1 is 1.19 bits per heavy atom. The second kappa shape index (κ2) is 7.86. The Hall–Kier alpha value is -1.78. The third kappa shape index (κ3) is 4.62. The first-order chi connectivity index (χ1) is 10.2. The molecule has 0 spiro atoms. The van der Waals surface area contributed by atoms with Crippen LogP contribution in [-0.2, 0) is 6.42 Å². The van der Waals surface area contributed by atoms with Crippen molar-refractivity contribution >= 4 is 0 Å². The number of pyridine rings is 1. The molecule has 2 aromatic rings. The highest BCUT2D eigenvalue weighted by Gasteiger charge is 2.16. The number of halogens is 1. The van der Waals surface area contributed by atoms with Crippen molar-refractivity contribution in [3.05, 3.63) is 65.7 Å². The second-order valence-corrected chi connectivity index (χ2v) is 5.10. The third-order valence-corrected chi connectivity index (χ3v) is 3.50. The van der Waals surface area contributed by atoms with E-state index in [1.807, 2.05) is 37.3 Å². The van der Waals surface area contributed by atoms with Gasteiger partial charge in [-0.2, -0.15) is 0 Å². The summed E-state index contributed by atoms with van der Waals surface area (Å²) in [5.74, 6) is -0.336. The molecule has 0 saturated carbocycles. The number of aliphatic hydroxyl groups excluding tert-OH is 1. The van der Waals surface area contributed by atoms with Crippen molar-refractivity contribution in [2.24, 2.45) is 0 Å². The van der Waals surface area contributed by atoms with E-state index in [1.165, 1.54) is 17.8 Å². The Bertz CT molecular complexity index is 530. The SMILES string of the molecule is CCC(N[C@H](CO)Cc1ccccc1)c1ccc(F)cn1. The Kier molecular flexibility index (Phi) is 5.84. The van der Waals surface area contributed by atoms with E-state index in [2.05, 4.69) is 10.3 Å². The van der Waals surface area contributed by atoms with Crippen LogP contribution in [0.15, 0.2) is 48.7 Å².